The van der Waals surface area contributed by atoms with Gasteiger partial charge in [0, 0.05) is 16.8 Å². The van der Waals surface area contributed by atoms with E-state index in [1.807, 2.05) is 13.0 Å². The van der Waals surface area contributed by atoms with Gasteiger partial charge in [0.2, 0.25) is 0 Å². The molecule has 1 unspecified atom stereocenters. The second kappa shape index (κ2) is 6.56. The van der Waals surface area contributed by atoms with E-state index in [0.29, 0.717) is 10.7 Å². The lowest BCUT2D eigenvalue weighted by Crippen LogP contribution is -2.20. The molecule has 0 saturated heterocycles. The monoisotopic (exact) mass is 307 g/mol. The van der Waals surface area contributed by atoms with Crippen LogP contribution < -0.4 is 16.4 Å². The Morgan fingerprint density at radius 2 is 2.00 bits per heavy atom. The van der Waals surface area contributed by atoms with E-state index in [1.54, 1.807) is 18.2 Å². The smallest absolute Gasteiger partial charge is 0.323 e. The molecule has 4 N–H and O–H groups in total. The lowest BCUT2D eigenvalue weighted by molar-refractivity contribution is 0.262. The highest BCUT2D eigenvalue weighted by molar-refractivity contribution is 6.30. The molecule has 110 valence electrons. The Morgan fingerprint density at radius 1 is 1.24 bits per heavy atom. The molecule has 0 saturated carbocycles. The topological polar surface area (TPSA) is 67.1 Å². The molecule has 6 heteroatoms. The van der Waals surface area contributed by atoms with Gasteiger partial charge in [0.1, 0.15) is 5.82 Å². The molecule has 0 aliphatic heterocycles. The molecule has 21 heavy (non-hydrogen) atoms. The molecule has 0 aliphatic carbocycles. The van der Waals surface area contributed by atoms with Crippen LogP contribution in [0.25, 0.3) is 0 Å². The minimum Gasteiger partial charge on any atom is -0.324 e. The van der Waals surface area contributed by atoms with Crippen molar-refractivity contribution in [2.75, 3.05) is 10.6 Å². The highest BCUT2D eigenvalue weighted by Gasteiger charge is 2.08. The number of rotatable bonds is 3. The molecule has 0 heterocycles. The van der Waals surface area contributed by atoms with Crippen molar-refractivity contribution in [3.05, 3.63) is 58.9 Å². The van der Waals surface area contributed by atoms with Crippen molar-refractivity contribution in [1.82, 2.24) is 0 Å². The Hall–Kier alpha value is -2.11. The zero-order valence-electron chi connectivity index (χ0n) is 11.4. The first-order valence-electron chi connectivity index (χ1n) is 6.34. The number of amides is 2. The molecular weight excluding hydrogens is 293 g/mol. The Labute approximate surface area is 127 Å². The van der Waals surface area contributed by atoms with Crippen molar-refractivity contribution in [3.8, 4) is 0 Å². The van der Waals surface area contributed by atoms with Crippen LogP contribution in [0, 0.1) is 5.82 Å². The fourth-order valence-electron chi connectivity index (χ4n) is 1.78. The molecule has 0 spiro atoms. The predicted octanol–water partition coefficient (Wildman–Crippen LogP) is 4.14. The second-order valence-electron chi connectivity index (χ2n) is 4.62. The van der Waals surface area contributed by atoms with Gasteiger partial charge in [0.25, 0.3) is 0 Å². The summed E-state index contributed by atoms with van der Waals surface area (Å²) in [6.45, 7) is 1.85. The highest BCUT2D eigenvalue weighted by Crippen LogP contribution is 2.20. The lowest BCUT2D eigenvalue weighted by atomic mass is 10.1. The molecule has 0 aromatic heterocycles. The maximum absolute atomic E-state index is 13.5. The quantitative estimate of drug-likeness (QED) is 0.797. The fraction of sp³-hybridized carbons (Fsp3) is 0.133. The summed E-state index contributed by atoms with van der Waals surface area (Å²) in [5, 5.41) is 5.36. The van der Waals surface area contributed by atoms with Gasteiger partial charge < -0.3 is 16.4 Å². The van der Waals surface area contributed by atoms with Gasteiger partial charge in [0.15, 0.2) is 0 Å². The number of halogens is 2. The predicted molar refractivity (Wildman–Crippen MR) is 83.1 cm³/mol. The number of nitrogens with two attached hydrogens (primary N) is 1. The van der Waals surface area contributed by atoms with E-state index in [1.165, 1.54) is 18.2 Å². The van der Waals surface area contributed by atoms with Crippen LogP contribution in [0.1, 0.15) is 18.5 Å². The van der Waals surface area contributed by atoms with E-state index in [9.17, 15) is 9.18 Å². The molecule has 2 aromatic rings. The zero-order valence-corrected chi connectivity index (χ0v) is 12.1. The number of urea groups is 1. The minimum atomic E-state index is -0.557. The van der Waals surface area contributed by atoms with Gasteiger partial charge in [-0.2, -0.15) is 0 Å². The molecule has 0 bridgehead atoms. The molecule has 0 radical (unpaired) electrons. The summed E-state index contributed by atoms with van der Waals surface area (Å²) in [7, 11) is 0. The van der Waals surface area contributed by atoms with E-state index in [-0.39, 0.29) is 11.7 Å². The van der Waals surface area contributed by atoms with E-state index < -0.39 is 11.8 Å². The minimum absolute atomic E-state index is 0.0170. The van der Waals surface area contributed by atoms with Gasteiger partial charge in [-0.15, -0.1) is 0 Å². The first kappa shape index (κ1) is 15.3. The van der Waals surface area contributed by atoms with Gasteiger partial charge in [-0.05, 0) is 42.8 Å². The number of nitrogens with one attached hydrogen (secondary N) is 2. The molecule has 1 atom stereocenters. The van der Waals surface area contributed by atoms with Crippen LogP contribution in [-0.2, 0) is 0 Å². The summed E-state index contributed by atoms with van der Waals surface area (Å²) in [6.07, 6.45) is 0. The third kappa shape index (κ3) is 4.18. The van der Waals surface area contributed by atoms with Crippen LogP contribution in [0.3, 0.4) is 0 Å². The van der Waals surface area contributed by atoms with Gasteiger partial charge >= 0.3 is 6.03 Å². The van der Waals surface area contributed by atoms with E-state index >= 15 is 0 Å². The first-order chi connectivity index (χ1) is 9.95. The van der Waals surface area contributed by atoms with Gasteiger partial charge in [0.05, 0.1) is 5.69 Å². The molecule has 2 rings (SSSR count). The van der Waals surface area contributed by atoms with E-state index in [0.717, 1.165) is 5.56 Å². The number of hydrogen-bond donors (Lipinski definition) is 3. The van der Waals surface area contributed by atoms with Crippen molar-refractivity contribution >= 4 is 29.0 Å². The van der Waals surface area contributed by atoms with Crippen LogP contribution >= 0.6 is 11.6 Å². The average Bonchev–Trinajstić information content (AvgIpc) is 2.43. The Morgan fingerprint density at radius 3 is 2.71 bits per heavy atom. The first-order valence-corrected chi connectivity index (χ1v) is 6.72. The van der Waals surface area contributed by atoms with Crippen LogP contribution in [0.15, 0.2) is 42.5 Å². The molecule has 4 nitrogen and oxygen atoms in total. The summed E-state index contributed by atoms with van der Waals surface area (Å²) >= 11 is 5.76. The normalized spacial score (nSPS) is 11.8. The number of carbonyl (C=O) groups is 1. The standard InChI is InChI=1S/C15H15ClFN3O/c1-9(18)10-3-2-4-12(7-10)19-15(21)20-14-8-11(16)5-6-13(14)17/h2-9H,18H2,1H3,(H2,19,20,21). The van der Waals surface area contributed by atoms with Crippen molar-refractivity contribution < 1.29 is 9.18 Å². The SMILES string of the molecule is CC(N)c1cccc(NC(=O)Nc2cc(Cl)ccc2F)c1. The summed E-state index contributed by atoms with van der Waals surface area (Å²) in [6, 6.07) is 10.4. The molecular formula is C15H15ClFN3O. The van der Waals surface area contributed by atoms with Crippen LogP contribution in [0.4, 0.5) is 20.6 Å². The number of anilines is 2. The van der Waals surface area contributed by atoms with Crippen LogP contribution in [-0.4, -0.2) is 6.03 Å². The summed E-state index contributed by atoms with van der Waals surface area (Å²) in [5.74, 6) is -0.557. The number of carbonyl (C=O) groups excluding carboxylic acids is 1. The average molecular weight is 308 g/mol. The van der Waals surface area contributed by atoms with Crippen molar-refractivity contribution in [2.45, 2.75) is 13.0 Å². The molecule has 2 amide bonds. The van der Waals surface area contributed by atoms with Crippen molar-refractivity contribution in [3.63, 3.8) is 0 Å². The Bertz CT molecular complexity index is 661. The number of benzene rings is 2. The van der Waals surface area contributed by atoms with Gasteiger partial charge in [-0.3, -0.25) is 0 Å². The van der Waals surface area contributed by atoms with E-state index in [4.69, 9.17) is 17.3 Å². The van der Waals surface area contributed by atoms with Crippen LogP contribution in [0.2, 0.25) is 5.02 Å². The lowest BCUT2D eigenvalue weighted by Gasteiger charge is -2.11. The van der Waals surface area contributed by atoms with Gasteiger partial charge in [-0.1, -0.05) is 23.7 Å². The van der Waals surface area contributed by atoms with Crippen molar-refractivity contribution in [1.29, 1.82) is 0 Å². The zero-order chi connectivity index (χ0) is 15.4. The third-order valence-electron chi connectivity index (χ3n) is 2.85. The number of hydrogen-bond acceptors (Lipinski definition) is 2. The maximum atomic E-state index is 13.5. The van der Waals surface area contributed by atoms with Crippen molar-refractivity contribution in [2.24, 2.45) is 5.73 Å². The highest BCUT2D eigenvalue weighted by atomic mass is 35.5. The second-order valence-corrected chi connectivity index (χ2v) is 5.05. The Balaban J connectivity index is 2.08. The molecule has 0 fully saturated rings. The summed E-state index contributed by atoms with van der Waals surface area (Å²) < 4.78 is 13.5. The van der Waals surface area contributed by atoms with Crippen LogP contribution in [0.5, 0.6) is 0 Å². The maximum Gasteiger partial charge on any atom is 0.323 e. The fourth-order valence-corrected chi connectivity index (χ4v) is 1.95. The van der Waals surface area contributed by atoms with E-state index in [2.05, 4.69) is 10.6 Å². The largest absolute Gasteiger partial charge is 0.324 e. The third-order valence-corrected chi connectivity index (χ3v) is 3.08. The Kier molecular flexibility index (Phi) is 4.77. The molecule has 2 aromatic carbocycles. The summed E-state index contributed by atoms with van der Waals surface area (Å²) in [5.41, 5.74) is 7.26. The molecule has 0 aliphatic rings. The van der Waals surface area contributed by atoms with Gasteiger partial charge in [-0.25, -0.2) is 9.18 Å². The summed E-state index contributed by atoms with van der Waals surface area (Å²) in [4.78, 5) is 11.9.